The Morgan fingerprint density at radius 3 is 2.40 bits per heavy atom. The van der Waals surface area contributed by atoms with Crippen molar-refractivity contribution in [3.63, 3.8) is 0 Å². The van der Waals surface area contributed by atoms with Crippen LogP contribution in [-0.2, 0) is 4.74 Å². The first-order valence-corrected chi connectivity index (χ1v) is 8.07. The van der Waals surface area contributed by atoms with Crippen molar-refractivity contribution < 1.29 is 14.3 Å². The standard InChI is InChI=1S/C18H20N4O3/c1-25-17(23)15-4-2-3-5-16(15)20-18(24)22-12-10-21(11-13-22)14-6-8-19-9-7-14/h2-9H,10-13H2,1H3,(H,20,24). The van der Waals surface area contributed by atoms with Crippen molar-refractivity contribution in [3.05, 3.63) is 54.4 Å². The summed E-state index contributed by atoms with van der Waals surface area (Å²) >= 11 is 0. The van der Waals surface area contributed by atoms with E-state index in [2.05, 4.69) is 15.2 Å². The number of urea groups is 1. The fourth-order valence-corrected chi connectivity index (χ4v) is 2.80. The zero-order valence-corrected chi connectivity index (χ0v) is 14.0. The molecule has 2 aromatic rings. The molecule has 1 aromatic heterocycles. The molecular formula is C18H20N4O3. The largest absolute Gasteiger partial charge is 0.465 e. The van der Waals surface area contributed by atoms with Crippen LogP contribution in [0.1, 0.15) is 10.4 Å². The summed E-state index contributed by atoms with van der Waals surface area (Å²) in [6.45, 7) is 2.70. The minimum atomic E-state index is -0.474. The summed E-state index contributed by atoms with van der Waals surface area (Å²) in [7, 11) is 1.32. The van der Waals surface area contributed by atoms with Gasteiger partial charge < -0.3 is 19.9 Å². The molecule has 25 heavy (non-hydrogen) atoms. The van der Waals surface area contributed by atoms with Crippen LogP contribution in [0, 0.1) is 0 Å². The molecule has 1 aliphatic rings. The lowest BCUT2D eigenvalue weighted by Gasteiger charge is -2.36. The average Bonchev–Trinajstić information content (AvgIpc) is 2.68. The molecule has 0 saturated carbocycles. The molecule has 1 aromatic carbocycles. The topological polar surface area (TPSA) is 74.8 Å². The SMILES string of the molecule is COC(=O)c1ccccc1NC(=O)N1CCN(c2ccncc2)CC1. The highest BCUT2D eigenvalue weighted by atomic mass is 16.5. The molecule has 3 rings (SSSR count). The van der Waals surface area contributed by atoms with Crippen LogP contribution in [0.15, 0.2) is 48.8 Å². The first kappa shape index (κ1) is 16.8. The van der Waals surface area contributed by atoms with E-state index in [1.165, 1.54) is 7.11 Å². The van der Waals surface area contributed by atoms with E-state index in [4.69, 9.17) is 4.74 Å². The summed E-state index contributed by atoms with van der Waals surface area (Å²) in [6, 6.07) is 10.5. The van der Waals surface area contributed by atoms with Gasteiger partial charge in [0.25, 0.3) is 0 Å². The second-order valence-electron chi connectivity index (χ2n) is 5.65. The number of esters is 1. The van der Waals surface area contributed by atoms with Gasteiger partial charge in [-0.2, -0.15) is 0 Å². The number of methoxy groups -OCH3 is 1. The van der Waals surface area contributed by atoms with Gasteiger partial charge in [-0.15, -0.1) is 0 Å². The number of carbonyl (C=O) groups excluding carboxylic acids is 2. The zero-order valence-electron chi connectivity index (χ0n) is 14.0. The highest BCUT2D eigenvalue weighted by Gasteiger charge is 2.22. The maximum absolute atomic E-state index is 12.5. The molecule has 0 atom stereocenters. The molecule has 0 spiro atoms. The van der Waals surface area contributed by atoms with Gasteiger partial charge in [-0.05, 0) is 24.3 Å². The number of carbonyl (C=O) groups is 2. The van der Waals surface area contributed by atoms with Gasteiger partial charge in [0.15, 0.2) is 0 Å². The summed E-state index contributed by atoms with van der Waals surface area (Å²) < 4.78 is 4.75. The number of amides is 2. The van der Waals surface area contributed by atoms with E-state index in [9.17, 15) is 9.59 Å². The number of anilines is 2. The number of hydrogen-bond acceptors (Lipinski definition) is 5. The lowest BCUT2D eigenvalue weighted by atomic mass is 10.2. The van der Waals surface area contributed by atoms with Gasteiger partial charge in [0.2, 0.25) is 0 Å². The van der Waals surface area contributed by atoms with Gasteiger partial charge in [-0.3, -0.25) is 4.98 Å². The Labute approximate surface area is 146 Å². The molecule has 1 fully saturated rings. The number of nitrogens with one attached hydrogen (secondary N) is 1. The molecule has 2 amide bonds. The summed E-state index contributed by atoms with van der Waals surface area (Å²) in [4.78, 5) is 32.3. The highest BCUT2D eigenvalue weighted by Crippen LogP contribution is 2.18. The van der Waals surface area contributed by atoms with E-state index < -0.39 is 5.97 Å². The summed E-state index contributed by atoms with van der Waals surface area (Å²) in [5, 5.41) is 2.81. The Bertz CT molecular complexity index is 743. The van der Waals surface area contributed by atoms with Crippen molar-refractivity contribution in [2.75, 3.05) is 43.5 Å². The number of piperazine rings is 1. The minimum Gasteiger partial charge on any atom is -0.465 e. The fraction of sp³-hybridized carbons (Fsp3) is 0.278. The van der Waals surface area contributed by atoms with E-state index in [1.54, 1.807) is 41.6 Å². The number of nitrogens with zero attached hydrogens (tertiary/aromatic N) is 3. The fourth-order valence-electron chi connectivity index (χ4n) is 2.80. The van der Waals surface area contributed by atoms with Crippen LogP contribution in [0.25, 0.3) is 0 Å². The monoisotopic (exact) mass is 340 g/mol. The zero-order chi connectivity index (χ0) is 17.6. The first-order valence-electron chi connectivity index (χ1n) is 8.07. The Kier molecular flexibility index (Phi) is 5.13. The number of pyridine rings is 1. The quantitative estimate of drug-likeness (QED) is 0.867. The molecule has 7 nitrogen and oxygen atoms in total. The van der Waals surface area contributed by atoms with E-state index in [0.717, 1.165) is 18.8 Å². The van der Waals surface area contributed by atoms with Crippen LogP contribution >= 0.6 is 0 Å². The van der Waals surface area contributed by atoms with Crippen LogP contribution in [0.3, 0.4) is 0 Å². The molecule has 0 radical (unpaired) electrons. The van der Waals surface area contributed by atoms with Crippen molar-refractivity contribution in [2.45, 2.75) is 0 Å². The summed E-state index contributed by atoms with van der Waals surface area (Å²) in [5.41, 5.74) is 1.90. The molecule has 0 unspecified atom stereocenters. The van der Waals surface area contributed by atoms with Crippen molar-refractivity contribution >= 4 is 23.4 Å². The molecule has 7 heteroatoms. The smallest absolute Gasteiger partial charge is 0.339 e. The van der Waals surface area contributed by atoms with Crippen LogP contribution in [0.4, 0.5) is 16.2 Å². The maximum atomic E-state index is 12.5. The van der Waals surface area contributed by atoms with Crippen LogP contribution in [0.5, 0.6) is 0 Å². The Morgan fingerprint density at radius 2 is 1.72 bits per heavy atom. The van der Waals surface area contributed by atoms with Gasteiger partial charge in [0, 0.05) is 44.3 Å². The summed E-state index contributed by atoms with van der Waals surface area (Å²) in [5.74, 6) is -0.474. The van der Waals surface area contributed by atoms with Crippen molar-refractivity contribution in [3.8, 4) is 0 Å². The summed E-state index contributed by atoms with van der Waals surface area (Å²) in [6.07, 6.45) is 3.52. The third kappa shape index (κ3) is 3.88. The average molecular weight is 340 g/mol. The maximum Gasteiger partial charge on any atom is 0.339 e. The number of rotatable bonds is 3. The third-order valence-electron chi connectivity index (χ3n) is 4.17. The van der Waals surface area contributed by atoms with Crippen molar-refractivity contribution in [1.82, 2.24) is 9.88 Å². The molecular weight excluding hydrogens is 320 g/mol. The predicted molar refractivity (Wildman–Crippen MR) is 94.8 cm³/mol. The van der Waals surface area contributed by atoms with Crippen LogP contribution in [0.2, 0.25) is 0 Å². The normalized spacial score (nSPS) is 14.1. The Morgan fingerprint density at radius 1 is 1.04 bits per heavy atom. The number of ether oxygens (including phenoxy) is 1. The van der Waals surface area contributed by atoms with Gasteiger partial charge in [-0.1, -0.05) is 12.1 Å². The van der Waals surface area contributed by atoms with Gasteiger partial charge in [0.05, 0.1) is 18.4 Å². The molecule has 0 aliphatic carbocycles. The number of para-hydroxylation sites is 1. The second-order valence-corrected chi connectivity index (χ2v) is 5.65. The third-order valence-corrected chi connectivity index (χ3v) is 4.17. The molecule has 2 heterocycles. The predicted octanol–water partition coefficient (Wildman–Crippen LogP) is 2.22. The molecule has 1 aliphatic heterocycles. The first-order chi connectivity index (χ1) is 12.2. The lowest BCUT2D eigenvalue weighted by molar-refractivity contribution is 0.0602. The minimum absolute atomic E-state index is 0.217. The van der Waals surface area contributed by atoms with Gasteiger partial charge in [0.1, 0.15) is 0 Å². The highest BCUT2D eigenvalue weighted by molar-refractivity contribution is 6.00. The molecule has 1 N–H and O–H groups in total. The van der Waals surface area contributed by atoms with Gasteiger partial charge in [-0.25, -0.2) is 9.59 Å². The van der Waals surface area contributed by atoms with Gasteiger partial charge >= 0.3 is 12.0 Å². The molecule has 130 valence electrons. The van der Waals surface area contributed by atoms with Crippen molar-refractivity contribution in [1.29, 1.82) is 0 Å². The Balaban J connectivity index is 1.61. The van der Waals surface area contributed by atoms with E-state index in [0.29, 0.717) is 24.3 Å². The van der Waals surface area contributed by atoms with E-state index in [1.807, 2.05) is 12.1 Å². The Hall–Kier alpha value is -3.09. The lowest BCUT2D eigenvalue weighted by Crippen LogP contribution is -2.50. The van der Waals surface area contributed by atoms with Crippen LogP contribution < -0.4 is 10.2 Å². The van der Waals surface area contributed by atoms with Crippen molar-refractivity contribution in [2.24, 2.45) is 0 Å². The van der Waals surface area contributed by atoms with E-state index >= 15 is 0 Å². The number of hydrogen-bond donors (Lipinski definition) is 1. The van der Waals surface area contributed by atoms with Crippen LogP contribution in [-0.4, -0.2) is 55.2 Å². The second kappa shape index (κ2) is 7.65. The molecule has 1 saturated heterocycles. The number of benzene rings is 1. The van der Waals surface area contributed by atoms with E-state index in [-0.39, 0.29) is 6.03 Å². The molecule has 0 bridgehead atoms. The number of aromatic nitrogens is 1.